The maximum Gasteiger partial charge on any atom is 0.246 e. The van der Waals surface area contributed by atoms with E-state index in [-0.39, 0.29) is 19.1 Å². The van der Waals surface area contributed by atoms with Crippen LogP contribution in [0.15, 0.2) is 12.7 Å². The second-order valence-electron chi connectivity index (χ2n) is 3.17. The highest BCUT2D eigenvalue weighted by molar-refractivity contribution is 7.98. The summed E-state index contributed by atoms with van der Waals surface area (Å²) in [7, 11) is 0. The first-order valence-corrected chi connectivity index (χ1v) is 6.24. The average Bonchev–Trinajstić information content (AvgIpc) is 2.26. The lowest BCUT2D eigenvalue weighted by Crippen LogP contribution is -2.38. The molecular formula is C10H19NO3S. The van der Waals surface area contributed by atoms with Crippen molar-refractivity contribution in [2.75, 3.05) is 31.7 Å². The molecule has 0 fully saturated rings. The van der Waals surface area contributed by atoms with Crippen molar-refractivity contribution >= 4 is 17.7 Å². The van der Waals surface area contributed by atoms with Gasteiger partial charge in [0.15, 0.2) is 0 Å². The molecule has 4 nitrogen and oxygen atoms in total. The Bertz CT molecular complexity index is 199. The first-order valence-electron chi connectivity index (χ1n) is 4.84. The summed E-state index contributed by atoms with van der Waals surface area (Å²) < 4.78 is 0. The van der Waals surface area contributed by atoms with Crippen LogP contribution < -0.4 is 0 Å². The molecule has 5 heteroatoms. The Morgan fingerprint density at radius 1 is 1.67 bits per heavy atom. The van der Waals surface area contributed by atoms with Crippen LogP contribution in [-0.2, 0) is 4.79 Å². The van der Waals surface area contributed by atoms with Gasteiger partial charge in [-0.2, -0.15) is 11.8 Å². The molecule has 2 N–H and O–H groups in total. The smallest absolute Gasteiger partial charge is 0.246 e. The van der Waals surface area contributed by atoms with Crippen molar-refractivity contribution in [2.45, 2.75) is 12.5 Å². The van der Waals surface area contributed by atoms with E-state index >= 15 is 0 Å². The predicted octanol–water partition coefficient (Wildman–Crippen LogP) is 0.107. The van der Waals surface area contributed by atoms with Gasteiger partial charge >= 0.3 is 0 Å². The van der Waals surface area contributed by atoms with E-state index in [2.05, 4.69) is 6.58 Å². The van der Waals surface area contributed by atoms with Crippen LogP contribution in [0, 0.1) is 0 Å². The molecule has 1 unspecified atom stereocenters. The molecule has 0 saturated heterocycles. The molecule has 0 aliphatic carbocycles. The minimum absolute atomic E-state index is 0.162. The Morgan fingerprint density at radius 2 is 2.33 bits per heavy atom. The summed E-state index contributed by atoms with van der Waals surface area (Å²) in [5, 5.41) is 17.9. The molecule has 0 aliphatic rings. The molecule has 0 heterocycles. The Morgan fingerprint density at radius 3 is 2.80 bits per heavy atom. The van der Waals surface area contributed by atoms with E-state index in [1.54, 1.807) is 11.8 Å². The third-order valence-corrected chi connectivity index (χ3v) is 2.60. The molecule has 1 atom stereocenters. The summed E-state index contributed by atoms with van der Waals surface area (Å²) in [5.41, 5.74) is 0. The molecule has 0 aromatic heterocycles. The topological polar surface area (TPSA) is 60.8 Å². The maximum atomic E-state index is 11.4. The number of carbonyl (C=O) groups excluding carboxylic acids is 1. The van der Waals surface area contributed by atoms with Gasteiger partial charge in [0.1, 0.15) is 0 Å². The molecule has 0 aromatic rings. The van der Waals surface area contributed by atoms with Crippen molar-refractivity contribution < 1.29 is 15.0 Å². The SMILES string of the molecule is C=CC(=O)N(CCCSC)CC(O)CO. The highest BCUT2D eigenvalue weighted by atomic mass is 32.2. The van der Waals surface area contributed by atoms with Gasteiger partial charge in [0, 0.05) is 13.1 Å². The van der Waals surface area contributed by atoms with Gasteiger partial charge in [0.05, 0.1) is 12.7 Å². The molecule has 0 spiro atoms. The molecule has 0 rings (SSSR count). The number of rotatable bonds is 8. The highest BCUT2D eigenvalue weighted by Gasteiger charge is 2.13. The van der Waals surface area contributed by atoms with Crippen LogP contribution >= 0.6 is 11.8 Å². The van der Waals surface area contributed by atoms with Crippen LogP contribution in [0.25, 0.3) is 0 Å². The summed E-state index contributed by atoms with van der Waals surface area (Å²) in [5.74, 6) is 0.763. The molecule has 15 heavy (non-hydrogen) atoms. The maximum absolute atomic E-state index is 11.4. The third-order valence-electron chi connectivity index (χ3n) is 1.90. The van der Waals surface area contributed by atoms with Crippen molar-refractivity contribution in [1.82, 2.24) is 4.90 Å². The first kappa shape index (κ1) is 14.5. The lowest BCUT2D eigenvalue weighted by atomic mass is 10.3. The third kappa shape index (κ3) is 6.54. The Balaban J connectivity index is 4.06. The lowest BCUT2D eigenvalue weighted by Gasteiger charge is -2.23. The lowest BCUT2D eigenvalue weighted by molar-refractivity contribution is -0.127. The number of aliphatic hydroxyl groups is 2. The number of thioether (sulfide) groups is 1. The van der Waals surface area contributed by atoms with Gasteiger partial charge in [-0.05, 0) is 24.5 Å². The predicted molar refractivity (Wildman–Crippen MR) is 62.9 cm³/mol. The zero-order valence-electron chi connectivity index (χ0n) is 9.06. The molecule has 0 aliphatic heterocycles. The second kappa shape index (κ2) is 8.76. The Labute approximate surface area is 95.0 Å². The molecule has 0 saturated carbocycles. The molecular weight excluding hydrogens is 214 g/mol. The number of aliphatic hydroxyl groups excluding tert-OH is 2. The van der Waals surface area contributed by atoms with Crippen molar-refractivity contribution in [3.8, 4) is 0 Å². The van der Waals surface area contributed by atoms with Crippen LogP contribution in [0.4, 0.5) is 0 Å². The van der Waals surface area contributed by atoms with Gasteiger partial charge < -0.3 is 15.1 Å². The number of nitrogens with zero attached hydrogens (tertiary/aromatic N) is 1. The van der Waals surface area contributed by atoms with E-state index in [1.807, 2.05) is 6.26 Å². The molecule has 0 aromatic carbocycles. The van der Waals surface area contributed by atoms with E-state index in [9.17, 15) is 9.90 Å². The molecule has 1 amide bonds. The van der Waals surface area contributed by atoms with Crippen molar-refractivity contribution in [3.63, 3.8) is 0 Å². The fourth-order valence-corrected chi connectivity index (χ4v) is 1.55. The minimum atomic E-state index is -0.872. The first-order chi connectivity index (χ1) is 7.15. The van der Waals surface area contributed by atoms with Crippen LogP contribution in [0.2, 0.25) is 0 Å². The zero-order valence-corrected chi connectivity index (χ0v) is 9.87. The monoisotopic (exact) mass is 233 g/mol. The largest absolute Gasteiger partial charge is 0.394 e. The fourth-order valence-electron chi connectivity index (χ4n) is 1.13. The average molecular weight is 233 g/mol. The number of hydrogen-bond acceptors (Lipinski definition) is 4. The summed E-state index contributed by atoms with van der Waals surface area (Å²) in [6, 6.07) is 0. The Hall–Kier alpha value is -0.520. The van der Waals surface area contributed by atoms with Gasteiger partial charge in [-0.1, -0.05) is 6.58 Å². The van der Waals surface area contributed by atoms with Crippen molar-refractivity contribution in [3.05, 3.63) is 12.7 Å². The van der Waals surface area contributed by atoms with Crippen molar-refractivity contribution in [2.24, 2.45) is 0 Å². The van der Waals surface area contributed by atoms with Crippen LogP contribution in [0.1, 0.15) is 6.42 Å². The van der Waals surface area contributed by atoms with Crippen LogP contribution in [-0.4, -0.2) is 58.8 Å². The summed E-state index contributed by atoms with van der Waals surface area (Å²) in [4.78, 5) is 12.9. The van der Waals surface area contributed by atoms with Gasteiger partial charge in [0.25, 0.3) is 0 Å². The second-order valence-corrected chi connectivity index (χ2v) is 4.16. The van der Waals surface area contributed by atoms with Gasteiger partial charge in [-0.3, -0.25) is 4.79 Å². The summed E-state index contributed by atoms with van der Waals surface area (Å²) in [6.07, 6.45) is 3.23. The van der Waals surface area contributed by atoms with Crippen molar-refractivity contribution in [1.29, 1.82) is 0 Å². The molecule has 0 radical (unpaired) electrons. The van der Waals surface area contributed by atoms with Crippen LogP contribution in [0.5, 0.6) is 0 Å². The van der Waals surface area contributed by atoms with Crippen LogP contribution in [0.3, 0.4) is 0 Å². The number of carbonyl (C=O) groups is 1. The number of amides is 1. The summed E-state index contributed by atoms with van der Waals surface area (Å²) in [6.45, 7) is 3.82. The van der Waals surface area contributed by atoms with Gasteiger partial charge in [-0.25, -0.2) is 0 Å². The quantitative estimate of drug-likeness (QED) is 0.461. The van der Waals surface area contributed by atoms with Gasteiger partial charge in [-0.15, -0.1) is 0 Å². The van der Waals surface area contributed by atoms with Gasteiger partial charge in [0.2, 0.25) is 5.91 Å². The standard InChI is InChI=1S/C10H19NO3S/c1-3-10(14)11(5-4-6-15-2)7-9(13)8-12/h3,9,12-13H,1,4-8H2,2H3. The summed E-state index contributed by atoms with van der Waals surface area (Å²) >= 11 is 1.71. The molecule has 88 valence electrons. The normalized spacial score (nSPS) is 12.2. The minimum Gasteiger partial charge on any atom is -0.394 e. The fraction of sp³-hybridized carbons (Fsp3) is 0.700. The van der Waals surface area contributed by atoms with E-state index < -0.39 is 6.10 Å². The van der Waals surface area contributed by atoms with E-state index in [0.717, 1.165) is 12.2 Å². The Kier molecular flexibility index (Phi) is 8.46. The zero-order chi connectivity index (χ0) is 11.7. The van der Waals surface area contributed by atoms with E-state index in [0.29, 0.717) is 6.54 Å². The highest BCUT2D eigenvalue weighted by Crippen LogP contribution is 2.01. The molecule has 0 bridgehead atoms. The van der Waals surface area contributed by atoms with E-state index in [4.69, 9.17) is 5.11 Å². The van der Waals surface area contributed by atoms with E-state index in [1.165, 1.54) is 11.0 Å². The number of hydrogen-bond donors (Lipinski definition) is 2.